The maximum absolute atomic E-state index is 10.8. The normalized spacial score (nSPS) is 13.4. The number of carbonyl (C=O) groups excluding carboxylic acids is 1. The number of alkyl halides is 1. The number of halogens is 2. The fourth-order valence-corrected chi connectivity index (χ4v) is 2.09. The van der Waals surface area contributed by atoms with Crippen LogP contribution in [0.4, 0.5) is 4.39 Å². The zero-order valence-corrected chi connectivity index (χ0v) is 15.7. The largest absolute Gasteiger partial charge is 0.465 e. The van der Waals surface area contributed by atoms with Crippen LogP contribution >= 0.6 is 11.6 Å². The molecule has 1 aliphatic rings. The van der Waals surface area contributed by atoms with Crippen molar-refractivity contribution in [2.45, 2.75) is 0 Å². The summed E-state index contributed by atoms with van der Waals surface area (Å²) in [5.41, 5.74) is 17.7. The van der Waals surface area contributed by atoms with Crippen LogP contribution in [0, 0.1) is 0 Å². The van der Waals surface area contributed by atoms with Gasteiger partial charge in [-0.3, -0.25) is 4.39 Å². The molecule has 9 heteroatoms. The smallest absolute Gasteiger partial charge is 0.337 e. The Hall–Kier alpha value is -2.45. The lowest BCUT2D eigenvalue weighted by atomic mass is 10.2. The van der Waals surface area contributed by atoms with Crippen LogP contribution in [-0.4, -0.2) is 51.5 Å². The summed E-state index contributed by atoms with van der Waals surface area (Å²) >= 11 is 5.57. The van der Waals surface area contributed by atoms with Crippen molar-refractivity contribution in [3.63, 3.8) is 0 Å². The number of hydrogen-bond acceptors (Lipinski definition) is 7. The number of methoxy groups -OCH3 is 1. The van der Waals surface area contributed by atoms with E-state index in [2.05, 4.69) is 4.74 Å². The molecule has 2 rings (SSSR count). The molecule has 0 saturated carbocycles. The van der Waals surface area contributed by atoms with Gasteiger partial charge in [0.05, 0.1) is 38.8 Å². The highest BCUT2D eigenvalue weighted by atomic mass is 35.5. The Bertz CT molecular complexity index is 583. The molecule has 146 valence electrons. The van der Waals surface area contributed by atoms with Gasteiger partial charge in [0.25, 0.3) is 0 Å². The maximum Gasteiger partial charge on any atom is 0.337 e. The Labute approximate surface area is 158 Å². The quantitative estimate of drug-likeness (QED) is 0.408. The lowest BCUT2D eigenvalue weighted by Gasteiger charge is -2.30. The van der Waals surface area contributed by atoms with E-state index in [1.54, 1.807) is 30.3 Å². The molecule has 0 spiro atoms. The van der Waals surface area contributed by atoms with E-state index in [9.17, 15) is 9.18 Å². The predicted octanol–water partition coefficient (Wildman–Crippen LogP) is 1.50. The molecule has 1 heterocycles. The van der Waals surface area contributed by atoms with Crippen LogP contribution in [0.3, 0.4) is 0 Å². The molecule has 26 heavy (non-hydrogen) atoms. The summed E-state index contributed by atoms with van der Waals surface area (Å²) in [6.07, 6.45) is 1.56. The summed E-state index contributed by atoms with van der Waals surface area (Å²) in [6, 6.07) is 8.88. The number of nitrogens with two attached hydrogens (primary N) is 3. The summed E-state index contributed by atoms with van der Waals surface area (Å²) in [4.78, 5) is 12.8. The molecule has 0 unspecified atom stereocenters. The molecule has 1 aromatic carbocycles. The number of esters is 1. The lowest BCUT2D eigenvalue weighted by Crippen LogP contribution is -2.37. The predicted molar refractivity (Wildman–Crippen MR) is 101 cm³/mol. The first-order valence-electron chi connectivity index (χ1n) is 7.67. The minimum absolute atomic E-state index is 0.167. The molecule has 0 amide bonds. The molecule has 0 aliphatic carbocycles. The fraction of sp³-hybridized carbons (Fsp3) is 0.353. The topological polar surface area (TPSA) is 117 Å². The van der Waals surface area contributed by atoms with Crippen molar-refractivity contribution >= 4 is 17.6 Å². The molecule has 1 aliphatic heterocycles. The number of nitrogens with zero attached hydrogens (tertiary/aromatic N) is 1. The standard InChI is InChI=1S/C8H15ClN4O.C8H8O2.CH3F/c9-7(10)5-6(8(11)12)13-1-3-14-4-2-13;1-10-8(9)7-5-3-2-4-6-7;1-2/h5H,1-4,10-12H2;2-6H,1H3;1H3/b7-5-;;. The fourth-order valence-electron chi connectivity index (χ4n) is 1.98. The van der Waals surface area contributed by atoms with Gasteiger partial charge < -0.3 is 31.6 Å². The van der Waals surface area contributed by atoms with Crippen LogP contribution in [0.15, 0.2) is 53.1 Å². The monoisotopic (exact) mass is 388 g/mol. The van der Waals surface area contributed by atoms with Gasteiger partial charge in [0.15, 0.2) is 0 Å². The van der Waals surface area contributed by atoms with E-state index < -0.39 is 0 Å². The first-order valence-corrected chi connectivity index (χ1v) is 8.05. The Balaban J connectivity index is 0.000000458. The molecule has 0 aromatic heterocycles. The first kappa shape index (κ1) is 23.5. The number of rotatable bonds is 3. The number of allylic oxidation sites excluding steroid dienone is 1. The van der Waals surface area contributed by atoms with Crippen molar-refractivity contribution in [2.24, 2.45) is 17.2 Å². The summed E-state index contributed by atoms with van der Waals surface area (Å²) in [5, 5.41) is 0.167. The molecule has 0 bridgehead atoms. The van der Waals surface area contributed by atoms with E-state index in [1.807, 2.05) is 11.0 Å². The van der Waals surface area contributed by atoms with Crippen molar-refractivity contribution in [3.8, 4) is 0 Å². The average molecular weight is 389 g/mol. The molecule has 0 radical (unpaired) electrons. The van der Waals surface area contributed by atoms with Crippen molar-refractivity contribution < 1.29 is 18.7 Å². The van der Waals surface area contributed by atoms with Crippen LogP contribution < -0.4 is 17.2 Å². The average Bonchev–Trinajstić information content (AvgIpc) is 2.68. The van der Waals surface area contributed by atoms with Gasteiger partial charge in [0.2, 0.25) is 0 Å². The highest BCUT2D eigenvalue weighted by Gasteiger charge is 2.14. The van der Waals surface area contributed by atoms with Gasteiger partial charge in [-0.15, -0.1) is 0 Å². The van der Waals surface area contributed by atoms with Crippen molar-refractivity contribution in [1.82, 2.24) is 4.90 Å². The van der Waals surface area contributed by atoms with Gasteiger partial charge in [-0.05, 0) is 18.2 Å². The number of hydrogen-bond donors (Lipinski definition) is 3. The maximum atomic E-state index is 10.8. The summed E-state index contributed by atoms with van der Waals surface area (Å²) in [6.45, 7) is 2.81. The number of carbonyl (C=O) groups is 1. The molecule has 1 saturated heterocycles. The molecule has 6 N–H and O–H groups in total. The highest BCUT2D eigenvalue weighted by Crippen LogP contribution is 2.11. The van der Waals surface area contributed by atoms with Crippen LogP contribution in [0.2, 0.25) is 0 Å². The molecular formula is C17H26ClFN4O3. The van der Waals surface area contributed by atoms with Crippen molar-refractivity contribution in [3.05, 3.63) is 58.6 Å². The second-order valence-corrected chi connectivity index (χ2v) is 5.26. The SMILES string of the molecule is CF.COC(=O)c1ccccc1.NC(N)=C(/C=C(\N)Cl)N1CCOCC1. The minimum Gasteiger partial charge on any atom is -0.465 e. The molecule has 0 atom stereocenters. The van der Waals surface area contributed by atoms with E-state index in [0.717, 1.165) is 13.1 Å². The number of morpholine rings is 1. The molecule has 1 aromatic rings. The first-order chi connectivity index (χ1) is 12.5. The van der Waals surface area contributed by atoms with Gasteiger partial charge in [-0.1, -0.05) is 29.8 Å². The Kier molecular flexibility index (Phi) is 12.5. The van der Waals surface area contributed by atoms with Crippen LogP contribution in [0.25, 0.3) is 0 Å². The van der Waals surface area contributed by atoms with Crippen LogP contribution in [0.5, 0.6) is 0 Å². The van der Waals surface area contributed by atoms with E-state index in [4.69, 9.17) is 33.5 Å². The summed E-state index contributed by atoms with van der Waals surface area (Å²) < 4.78 is 19.2. The molecule has 7 nitrogen and oxygen atoms in total. The summed E-state index contributed by atoms with van der Waals surface area (Å²) in [5.74, 6) is -0.0731. The zero-order valence-electron chi connectivity index (χ0n) is 15.0. The van der Waals surface area contributed by atoms with E-state index >= 15 is 0 Å². The number of benzene rings is 1. The van der Waals surface area contributed by atoms with E-state index in [0.29, 0.717) is 31.7 Å². The zero-order chi connectivity index (χ0) is 19.9. The van der Waals surface area contributed by atoms with Gasteiger partial charge >= 0.3 is 5.97 Å². The summed E-state index contributed by atoms with van der Waals surface area (Å²) in [7, 11) is 1.87. The second-order valence-electron chi connectivity index (χ2n) is 4.83. The molecule has 1 fully saturated rings. The Morgan fingerprint density at radius 3 is 2.15 bits per heavy atom. The third kappa shape index (κ3) is 9.14. The Morgan fingerprint density at radius 1 is 1.19 bits per heavy atom. The van der Waals surface area contributed by atoms with E-state index in [1.165, 1.54) is 7.11 Å². The molecular weight excluding hydrogens is 363 g/mol. The third-order valence-corrected chi connectivity index (χ3v) is 3.23. The van der Waals surface area contributed by atoms with Crippen LogP contribution in [-0.2, 0) is 9.47 Å². The van der Waals surface area contributed by atoms with Crippen LogP contribution in [0.1, 0.15) is 10.4 Å². The Morgan fingerprint density at radius 2 is 1.73 bits per heavy atom. The number of ether oxygens (including phenoxy) is 2. The van der Waals surface area contributed by atoms with Gasteiger partial charge in [0.1, 0.15) is 11.0 Å². The van der Waals surface area contributed by atoms with Crippen molar-refractivity contribution in [2.75, 3.05) is 40.6 Å². The van der Waals surface area contributed by atoms with Gasteiger partial charge in [-0.2, -0.15) is 0 Å². The highest BCUT2D eigenvalue weighted by molar-refractivity contribution is 6.29. The van der Waals surface area contributed by atoms with Gasteiger partial charge in [-0.25, -0.2) is 4.79 Å². The third-order valence-electron chi connectivity index (χ3n) is 3.12. The van der Waals surface area contributed by atoms with Crippen molar-refractivity contribution in [1.29, 1.82) is 0 Å². The minimum atomic E-state index is -0.291. The van der Waals surface area contributed by atoms with E-state index in [-0.39, 0.29) is 16.9 Å². The van der Waals surface area contributed by atoms with Gasteiger partial charge in [0, 0.05) is 13.1 Å². The lowest BCUT2D eigenvalue weighted by molar-refractivity contribution is 0.0548. The second kappa shape index (κ2) is 13.8.